The van der Waals surface area contributed by atoms with Gasteiger partial charge in [-0.3, -0.25) is 4.79 Å². The first-order valence-electron chi connectivity index (χ1n) is 4.96. The molecule has 1 rings (SSSR count). The van der Waals surface area contributed by atoms with E-state index in [1.807, 2.05) is 6.92 Å². The molecule has 1 saturated carbocycles. The Morgan fingerprint density at radius 1 is 1.23 bits per heavy atom. The second-order valence-corrected chi connectivity index (χ2v) is 4.98. The minimum absolute atomic E-state index is 0.154. The first-order valence-corrected chi connectivity index (χ1v) is 4.96. The summed E-state index contributed by atoms with van der Waals surface area (Å²) < 4.78 is 5.13. The van der Waals surface area contributed by atoms with Crippen LogP contribution in [0.2, 0.25) is 0 Å². The van der Waals surface area contributed by atoms with Crippen LogP contribution in [-0.4, -0.2) is 19.0 Å². The Balaban J connectivity index is 2.53. The molecule has 0 saturated heterocycles. The lowest BCUT2D eigenvalue weighted by Crippen LogP contribution is -2.14. The number of hydrogen-bond acceptors (Lipinski definition) is 2. The Morgan fingerprint density at radius 3 is 2.00 bits per heavy atom. The molecule has 0 aliphatic heterocycles. The molecule has 2 heteroatoms. The van der Waals surface area contributed by atoms with Crippen LogP contribution < -0.4 is 0 Å². The highest BCUT2D eigenvalue weighted by Gasteiger charge is 2.67. The standard InChI is InChI=1S/C11H20O2/c1-6-13-7-8(12)9-10(2,3)11(9,4)5/h9H,6-7H2,1-5H3. The number of carbonyl (C=O) groups excluding carboxylic acids is 1. The highest BCUT2D eigenvalue weighted by Crippen LogP contribution is 2.68. The first kappa shape index (κ1) is 10.7. The van der Waals surface area contributed by atoms with Gasteiger partial charge in [-0.05, 0) is 17.8 Å². The van der Waals surface area contributed by atoms with E-state index in [0.717, 1.165) is 0 Å². The topological polar surface area (TPSA) is 26.3 Å². The molecular weight excluding hydrogens is 164 g/mol. The zero-order valence-electron chi connectivity index (χ0n) is 9.31. The van der Waals surface area contributed by atoms with E-state index >= 15 is 0 Å². The van der Waals surface area contributed by atoms with Crippen LogP contribution in [0.5, 0.6) is 0 Å². The number of ketones is 1. The highest BCUT2D eigenvalue weighted by molar-refractivity contribution is 5.87. The third-order valence-corrected chi connectivity index (χ3v) is 3.79. The molecule has 0 unspecified atom stereocenters. The fourth-order valence-corrected chi connectivity index (χ4v) is 2.29. The third kappa shape index (κ3) is 1.52. The molecule has 2 nitrogen and oxygen atoms in total. The van der Waals surface area contributed by atoms with Gasteiger partial charge in [-0.1, -0.05) is 27.7 Å². The molecule has 0 atom stereocenters. The maximum atomic E-state index is 11.7. The minimum atomic E-state index is 0.154. The lowest BCUT2D eigenvalue weighted by Gasteiger charge is -2.03. The van der Waals surface area contributed by atoms with Gasteiger partial charge in [-0.25, -0.2) is 0 Å². The lowest BCUT2D eigenvalue weighted by molar-refractivity contribution is -0.125. The monoisotopic (exact) mass is 184 g/mol. The van der Waals surface area contributed by atoms with Gasteiger partial charge in [0, 0.05) is 12.5 Å². The summed E-state index contributed by atoms with van der Waals surface area (Å²) in [7, 11) is 0. The van der Waals surface area contributed by atoms with Crippen molar-refractivity contribution in [3.63, 3.8) is 0 Å². The van der Waals surface area contributed by atoms with Gasteiger partial charge in [0.1, 0.15) is 6.61 Å². The van der Waals surface area contributed by atoms with Crippen molar-refractivity contribution in [3.8, 4) is 0 Å². The van der Waals surface area contributed by atoms with Crippen LogP contribution >= 0.6 is 0 Å². The number of rotatable bonds is 4. The van der Waals surface area contributed by atoms with Crippen molar-refractivity contribution in [2.24, 2.45) is 16.7 Å². The predicted octanol–water partition coefficient (Wildman–Crippen LogP) is 2.27. The third-order valence-electron chi connectivity index (χ3n) is 3.79. The van der Waals surface area contributed by atoms with Crippen molar-refractivity contribution < 1.29 is 9.53 Å². The molecule has 0 aromatic carbocycles. The van der Waals surface area contributed by atoms with Crippen molar-refractivity contribution in [2.45, 2.75) is 34.6 Å². The molecule has 1 aliphatic carbocycles. The number of Topliss-reactive ketones (excluding diaryl/α,β-unsaturated/α-hetero) is 1. The average molecular weight is 184 g/mol. The lowest BCUT2D eigenvalue weighted by atomic mass is 10.0. The van der Waals surface area contributed by atoms with Gasteiger partial charge in [0.25, 0.3) is 0 Å². The summed E-state index contributed by atoms with van der Waals surface area (Å²) in [6, 6.07) is 0. The second-order valence-electron chi connectivity index (χ2n) is 4.98. The number of carbonyl (C=O) groups is 1. The van der Waals surface area contributed by atoms with Gasteiger partial charge in [0.15, 0.2) is 5.78 Å². The van der Waals surface area contributed by atoms with Crippen molar-refractivity contribution in [1.29, 1.82) is 0 Å². The average Bonchev–Trinajstić information content (AvgIpc) is 2.39. The van der Waals surface area contributed by atoms with Crippen LogP contribution in [0.3, 0.4) is 0 Å². The molecule has 0 spiro atoms. The largest absolute Gasteiger partial charge is 0.374 e. The molecule has 0 bridgehead atoms. The molecular formula is C11H20O2. The summed E-state index contributed by atoms with van der Waals surface area (Å²) >= 11 is 0. The number of hydrogen-bond donors (Lipinski definition) is 0. The molecule has 1 fully saturated rings. The minimum Gasteiger partial charge on any atom is -0.374 e. The summed E-state index contributed by atoms with van der Waals surface area (Å²) in [5, 5.41) is 0. The second kappa shape index (κ2) is 3.09. The van der Waals surface area contributed by atoms with Crippen molar-refractivity contribution in [3.05, 3.63) is 0 Å². The predicted molar refractivity (Wildman–Crippen MR) is 52.6 cm³/mol. The Morgan fingerprint density at radius 2 is 1.69 bits per heavy atom. The van der Waals surface area contributed by atoms with Crippen LogP contribution in [0.15, 0.2) is 0 Å². The summed E-state index contributed by atoms with van der Waals surface area (Å²) in [5.74, 6) is 0.448. The van der Waals surface area contributed by atoms with E-state index in [9.17, 15) is 4.79 Å². The highest BCUT2D eigenvalue weighted by atomic mass is 16.5. The normalized spacial score (nSPS) is 24.4. The molecule has 0 radical (unpaired) electrons. The molecule has 0 heterocycles. The molecule has 13 heavy (non-hydrogen) atoms. The van der Waals surface area contributed by atoms with E-state index in [1.54, 1.807) is 0 Å². The number of ether oxygens (including phenoxy) is 1. The molecule has 1 aliphatic rings. The summed E-state index contributed by atoms with van der Waals surface area (Å²) in [6.45, 7) is 11.4. The van der Waals surface area contributed by atoms with Crippen molar-refractivity contribution >= 4 is 5.78 Å². The SMILES string of the molecule is CCOCC(=O)C1C(C)(C)C1(C)C. The fraction of sp³-hybridized carbons (Fsp3) is 0.909. The zero-order chi connectivity index (χ0) is 10.3. The van der Waals surface area contributed by atoms with Gasteiger partial charge in [0.05, 0.1) is 0 Å². The first-order chi connectivity index (χ1) is 5.85. The van der Waals surface area contributed by atoms with Crippen LogP contribution in [-0.2, 0) is 9.53 Å². The Hall–Kier alpha value is -0.370. The van der Waals surface area contributed by atoms with E-state index in [1.165, 1.54) is 0 Å². The van der Waals surface area contributed by atoms with Gasteiger partial charge in [-0.2, -0.15) is 0 Å². The van der Waals surface area contributed by atoms with Crippen LogP contribution in [0.1, 0.15) is 34.6 Å². The van der Waals surface area contributed by atoms with Gasteiger partial charge in [-0.15, -0.1) is 0 Å². The smallest absolute Gasteiger partial charge is 0.162 e. The Kier molecular flexibility index (Phi) is 2.54. The molecule has 0 aromatic heterocycles. The van der Waals surface area contributed by atoms with E-state index < -0.39 is 0 Å². The van der Waals surface area contributed by atoms with E-state index in [4.69, 9.17) is 4.74 Å². The zero-order valence-corrected chi connectivity index (χ0v) is 9.31. The summed E-state index contributed by atoms with van der Waals surface area (Å²) in [6.07, 6.45) is 0. The quantitative estimate of drug-likeness (QED) is 0.670. The van der Waals surface area contributed by atoms with Gasteiger partial charge >= 0.3 is 0 Å². The van der Waals surface area contributed by atoms with Crippen molar-refractivity contribution in [2.75, 3.05) is 13.2 Å². The molecule has 76 valence electrons. The van der Waals surface area contributed by atoms with Gasteiger partial charge < -0.3 is 4.74 Å². The maximum absolute atomic E-state index is 11.7. The molecule has 0 aromatic rings. The van der Waals surface area contributed by atoms with Gasteiger partial charge in [0.2, 0.25) is 0 Å². The van der Waals surface area contributed by atoms with Crippen molar-refractivity contribution in [1.82, 2.24) is 0 Å². The maximum Gasteiger partial charge on any atom is 0.162 e. The van der Waals surface area contributed by atoms with Crippen LogP contribution in [0, 0.1) is 16.7 Å². The Bertz CT molecular complexity index is 202. The Labute approximate surface area is 80.7 Å². The van der Waals surface area contributed by atoms with Crippen LogP contribution in [0.25, 0.3) is 0 Å². The van der Waals surface area contributed by atoms with E-state index in [-0.39, 0.29) is 29.1 Å². The van der Waals surface area contributed by atoms with E-state index in [2.05, 4.69) is 27.7 Å². The van der Waals surface area contributed by atoms with E-state index in [0.29, 0.717) is 6.61 Å². The fourth-order valence-electron chi connectivity index (χ4n) is 2.29. The summed E-state index contributed by atoms with van der Waals surface area (Å²) in [4.78, 5) is 11.7. The summed E-state index contributed by atoms with van der Waals surface area (Å²) in [5.41, 5.74) is 0.308. The molecule has 0 amide bonds. The molecule has 0 N–H and O–H groups in total. The van der Waals surface area contributed by atoms with Crippen LogP contribution in [0.4, 0.5) is 0 Å².